The van der Waals surface area contributed by atoms with Crippen LogP contribution in [0, 0.1) is 13.8 Å². The van der Waals surface area contributed by atoms with Crippen molar-refractivity contribution in [1.29, 1.82) is 0 Å². The molecule has 1 saturated carbocycles. The van der Waals surface area contributed by atoms with Gasteiger partial charge in [0.2, 0.25) is 5.95 Å². The van der Waals surface area contributed by atoms with Crippen molar-refractivity contribution in [2.45, 2.75) is 32.6 Å². The van der Waals surface area contributed by atoms with Crippen LogP contribution in [0.4, 0.5) is 5.95 Å². The quantitative estimate of drug-likeness (QED) is 0.929. The summed E-state index contributed by atoms with van der Waals surface area (Å²) in [4.78, 5) is 25.1. The van der Waals surface area contributed by atoms with Gasteiger partial charge in [0.1, 0.15) is 0 Å². The number of pyridine rings is 1. The second-order valence-corrected chi connectivity index (χ2v) is 5.14. The lowest BCUT2D eigenvalue weighted by molar-refractivity contribution is 0.102. The minimum Gasteiger partial charge on any atom is -0.290 e. The van der Waals surface area contributed by atoms with Gasteiger partial charge in [-0.2, -0.15) is 0 Å². The van der Waals surface area contributed by atoms with Crippen molar-refractivity contribution < 1.29 is 4.79 Å². The summed E-state index contributed by atoms with van der Waals surface area (Å²) in [6.07, 6.45) is 3.95. The predicted octanol–water partition coefficient (Wildman–Crippen LogP) is 2.62. The zero-order chi connectivity index (χ0) is 14.1. The highest BCUT2D eigenvalue weighted by Crippen LogP contribution is 2.40. The Morgan fingerprint density at radius 1 is 1.25 bits per heavy atom. The molecule has 3 rings (SSSR count). The van der Waals surface area contributed by atoms with E-state index in [1.165, 1.54) is 0 Å². The molecule has 2 aromatic heterocycles. The van der Waals surface area contributed by atoms with Gasteiger partial charge in [-0.05, 0) is 44.9 Å². The van der Waals surface area contributed by atoms with Gasteiger partial charge in [0.05, 0.1) is 11.3 Å². The number of aryl methyl sites for hydroxylation is 2. The molecule has 5 heteroatoms. The molecule has 0 spiro atoms. The first-order valence-electron chi connectivity index (χ1n) is 6.72. The second-order valence-electron chi connectivity index (χ2n) is 5.14. The van der Waals surface area contributed by atoms with Crippen molar-refractivity contribution in [1.82, 2.24) is 15.0 Å². The third-order valence-electron chi connectivity index (χ3n) is 3.25. The van der Waals surface area contributed by atoms with E-state index in [4.69, 9.17) is 0 Å². The summed E-state index contributed by atoms with van der Waals surface area (Å²) in [6, 6.07) is 5.46. The molecule has 1 fully saturated rings. The minimum atomic E-state index is -0.190. The van der Waals surface area contributed by atoms with Crippen molar-refractivity contribution in [2.24, 2.45) is 0 Å². The van der Waals surface area contributed by atoms with Gasteiger partial charge in [0, 0.05) is 23.5 Å². The van der Waals surface area contributed by atoms with Crippen LogP contribution in [0.3, 0.4) is 0 Å². The lowest BCUT2D eigenvalue weighted by Crippen LogP contribution is -2.17. The topological polar surface area (TPSA) is 67.8 Å². The van der Waals surface area contributed by atoms with E-state index in [1.54, 1.807) is 18.3 Å². The molecule has 0 radical (unpaired) electrons. The SMILES string of the molecule is Cc1cc(C)nc(NC(=O)c2cccnc2C2CC2)n1. The highest BCUT2D eigenvalue weighted by atomic mass is 16.1. The molecule has 2 aromatic rings. The van der Waals surface area contributed by atoms with Crippen LogP contribution in [0.2, 0.25) is 0 Å². The van der Waals surface area contributed by atoms with Crippen LogP contribution in [0.1, 0.15) is 46.2 Å². The van der Waals surface area contributed by atoms with Crippen molar-refractivity contribution >= 4 is 11.9 Å². The van der Waals surface area contributed by atoms with Crippen molar-refractivity contribution in [3.8, 4) is 0 Å². The van der Waals surface area contributed by atoms with E-state index < -0.39 is 0 Å². The monoisotopic (exact) mass is 268 g/mol. The van der Waals surface area contributed by atoms with E-state index >= 15 is 0 Å². The smallest absolute Gasteiger partial charge is 0.259 e. The normalized spacial score (nSPS) is 14.1. The Morgan fingerprint density at radius 3 is 2.60 bits per heavy atom. The largest absolute Gasteiger partial charge is 0.290 e. The van der Waals surface area contributed by atoms with Gasteiger partial charge in [-0.3, -0.25) is 15.1 Å². The number of rotatable bonds is 3. The molecule has 0 atom stereocenters. The molecule has 20 heavy (non-hydrogen) atoms. The molecule has 0 unspecified atom stereocenters. The molecular formula is C15H16N4O. The maximum absolute atomic E-state index is 12.4. The van der Waals surface area contributed by atoms with Crippen LogP contribution in [-0.2, 0) is 0 Å². The first-order valence-corrected chi connectivity index (χ1v) is 6.72. The van der Waals surface area contributed by atoms with Crippen molar-refractivity contribution in [3.05, 3.63) is 47.0 Å². The second kappa shape index (κ2) is 5.00. The summed E-state index contributed by atoms with van der Waals surface area (Å²) in [7, 11) is 0. The first kappa shape index (κ1) is 12.7. The molecule has 102 valence electrons. The molecule has 0 aromatic carbocycles. The number of nitrogens with zero attached hydrogens (tertiary/aromatic N) is 3. The lowest BCUT2D eigenvalue weighted by atomic mass is 10.1. The summed E-state index contributed by atoms with van der Waals surface area (Å²) in [6.45, 7) is 3.76. The third kappa shape index (κ3) is 2.66. The van der Waals surface area contributed by atoms with E-state index in [9.17, 15) is 4.79 Å². The van der Waals surface area contributed by atoms with Crippen LogP contribution in [0.25, 0.3) is 0 Å². The Morgan fingerprint density at radius 2 is 1.95 bits per heavy atom. The number of aromatic nitrogens is 3. The number of carbonyl (C=O) groups is 1. The predicted molar refractivity (Wildman–Crippen MR) is 75.7 cm³/mol. The Balaban J connectivity index is 1.86. The van der Waals surface area contributed by atoms with Gasteiger partial charge < -0.3 is 0 Å². The van der Waals surface area contributed by atoms with Gasteiger partial charge in [-0.25, -0.2) is 9.97 Å². The summed E-state index contributed by atoms with van der Waals surface area (Å²) in [5.74, 6) is 0.584. The summed E-state index contributed by atoms with van der Waals surface area (Å²) < 4.78 is 0. The molecule has 5 nitrogen and oxygen atoms in total. The van der Waals surface area contributed by atoms with E-state index in [0.29, 0.717) is 17.4 Å². The number of hydrogen-bond acceptors (Lipinski definition) is 4. The van der Waals surface area contributed by atoms with Gasteiger partial charge in [0.25, 0.3) is 5.91 Å². The Bertz CT molecular complexity index is 644. The Labute approximate surface area is 117 Å². The maximum atomic E-state index is 12.4. The number of carbonyl (C=O) groups excluding carboxylic acids is 1. The van der Waals surface area contributed by atoms with Gasteiger partial charge in [-0.1, -0.05) is 0 Å². The molecule has 1 amide bonds. The number of anilines is 1. The van der Waals surface area contributed by atoms with E-state index in [1.807, 2.05) is 19.9 Å². The molecule has 0 bridgehead atoms. The average molecular weight is 268 g/mol. The van der Waals surface area contributed by atoms with E-state index in [-0.39, 0.29) is 5.91 Å². The summed E-state index contributed by atoms with van der Waals surface area (Å²) in [5.41, 5.74) is 3.18. The number of nitrogens with one attached hydrogen (secondary N) is 1. The molecule has 1 aliphatic rings. The molecule has 1 N–H and O–H groups in total. The fourth-order valence-corrected chi connectivity index (χ4v) is 2.24. The van der Waals surface area contributed by atoms with Gasteiger partial charge in [0.15, 0.2) is 0 Å². The van der Waals surface area contributed by atoms with Gasteiger partial charge in [-0.15, -0.1) is 0 Å². The zero-order valence-electron chi connectivity index (χ0n) is 11.6. The fraction of sp³-hybridized carbons (Fsp3) is 0.333. The van der Waals surface area contributed by atoms with E-state index in [2.05, 4.69) is 20.3 Å². The molecule has 0 aliphatic heterocycles. The Kier molecular flexibility index (Phi) is 3.18. The number of amides is 1. The lowest BCUT2D eigenvalue weighted by Gasteiger charge is -2.08. The average Bonchev–Trinajstić information content (AvgIpc) is 3.21. The number of hydrogen-bond donors (Lipinski definition) is 1. The van der Waals surface area contributed by atoms with Crippen LogP contribution >= 0.6 is 0 Å². The maximum Gasteiger partial charge on any atom is 0.259 e. The van der Waals surface area contributed by atoms with Crippen LogP contribution in [0.5, 0.6) is 0 Å². The molecule has 0 saturated heterocycles. The minimum absolute atomic E-state index is 0.190. The summed E-state index contributed by atoms with van der Waals surface area (Å²) in [5, 5.41) is 2.76. The van der Waals surface area contributed by atoms with Crippen LogP contribution < -0.4 is 5.32 Å². The standard InChI is InChI=1S/C15H16N4O/c1-9-8-10(2)18-15(17-9)19-14(20)12-4-3-7-16-13(12)11-5-6-11/h3-4,7-8,11H,5-6H2,1-2H3,(H,17,18,19,20). The Hall–Kier alpha value is -2.30. The first-order chi connectivity index (χ1) is 9.63. The van der Waals surface area contributed by atoms with Crippen LogP contribution in [-0.4, -0.2) is 20.9 Å². The highest BCUT2D eigenvalue weighted by molar-refractivity contribution is 6.04. The molecular weight excluding hydrogens is 252 g/mol. The van der Waals surface area contributed by atoms with E-state index in [0.717, 1.165) is 29.9 Å². The van der Waals surface area contributed by atoms with Gasteiger partial charge >= 0.3 is 0 Å². The van der Waals surface area contributed by atoms with Crippen molar-refractivity contribution in [3.63, 3.8) is 0 Å². The zero-order valence-corrected chi connectivity index (χ0v) is 11.6. The van der Waals surface area contributed by atoms with Crippen molar-refractivity contribution in [2.75, 3.05) is 5.32 Å². The third-order valence-corrected chi connectivity index (χ3v) is 3.25. The summed E-state index contributed by atoms with van der Waals surface area (Å²) >= 11 is 0. The molecule has 2 heterocycles. The van der Waals surface area contributed by atoms with Crippen LogP contribution in [0.15, 0.2) is 24.4 Å². The highest BCUT2D eigenvalue weighted by Gasteiger charge is 2.29. The molecule has 1 aliphatic carbocycles. The fourth-order valence-electron chi connectivity index (χ4n) is 2.24.